The molecular formula is C6H7BrN2O. The van der Waals surface area contributed by atoms with Gasteiger partial charge < -0.3 is 0 Å². The average molecular weight is 203 g/mol. The predicted molar refractivity (Wildman–Crippen MR) is 41.9 cm³/mol. The van der Waals surface area contributed by atoms with E-state index in [2.05, 4.69) is 21.0 Å². The number of hydrogen-bond acceptors (Lipinski definition) is 2. The highest BCUT2D eigenvalue weighted by Gasteiger charge is 1.92. The smallest absolute Gasteiger partial charge is 0.266 e. The number of nitrogens with zero attached hydrogens (tertiary/aromatic N) is 2. The quantitative estimate of drug-likeness (QED) is 0.683. The first kappa shape index (κ1) is 7.47. The summed E-state index contributed by atoms with van der Waals surface area (Å²) in [4.78, 5) is 10.9. The molecule has 0 aliphatic heterocycles. The van der Waals surface area contributed by atoms with Gasteiger partial charge in [-0.25, -0.2) is 4.68 Å². The van der Waals surface area contributed by atoms with Crippen LogP contribution < -0.4 is 5.56 Å². The van der Waals surface area contributed by atoms with Crippen LogP contribution in [0.2, 0.25) is 0 Å². The van der Waals surface area contributed by atoms with Crippen LogP contribution in [0, 0.1) is 0 Å². The molecule has 10 heavy (non-hydrogen) atoms. The van der Waals surface area contributed by atoms with Gasteiger partial charge in [0.25, 0.3) is 5.56 Å². The minimum Gasteiger partial charge on any atom is -0.268 e. The lowest BCUT2D eigenvalue weighted by molar-refractivity contribution is 0.608. The van der Waals surface area contributed by atoms with E-state index in [0.29, 0.717) is 11.1 Å². The molecule has 0 saturated heterocycles. The van der Waals surface area contributed by atoms with E-state index in [0.717, 1.165) is 0 Å². The second-order valence-corrected chi connectivity index (χ2v) is 2.62. The number of aromatic nitrogens is 2. The molecule has 0 bridgehead atoms. The van der Waals surface area contributed by atoms with E-state index >= 15 is 0 Å². The van der Waals surface area contributed by atoms with Gasteiger partial charge in [0.2, 0.25) is 0 Å². The van der Waals surface area contributed by atoms with Gasteiger partial charge in [-0.1, -0.05) is 0 Å². The molecule has 1 aromatic rings. The lowest BCUT2D eigenvalue weighted by Gasteiger charge is -1.97. The van der Waals surface area contributed by atoms with E-state index < -0.39 is 0 Å². The average Bonchev–Trinajstić information content (AvgIpc) is 1.94. The summed E-state index contributed by atoms with van der Waals surface area (Å²) < 4.78 is 2.08. The highest BCUT2D eigenvalue weighted by Crippen LogP contribution is 1.98. The van der Waals surface area contributed by atoms with E-state index in [1.54, 1.807) is 6.07 Å². The third kappa shape index (κ3) is 1.44. The van der Waals surface area contributed by atoms with Crippen LogP contribution in [-0.4, -0.2) is 9.78 Å². The zero-order valence-corrected chi connectivity index (χ0v) is 7.13. The van der Waals surface area contributed by atoms with E-state index in [-0.39, 0.29) is 5.56 Å². The second-order valence-electron chi connectivity index (χ2n) is 1.81. The van der Waals surface area contributed by atoms with Gasteiger partial charge in [-0.15, -0.1) is 0 Å². The van der Waals surface area contributed by atoms with Crippen LogP contribution in [-0.2, 0) is 6.54 Å². The molecule has 0 aliphatic rings. The molecule has 0 fully saturated rings. The van der Waals surface area contributed by atoms with Crippen LogP contribution in [0.25, 0.3) is 0 Å². The van der Waals surface area contributed by atoms with E-state index in [4.69, 9.17) is 0 Å². The molecule has 3 nitrogen and oxygen atoms in total. The number of halogens is 1. The maximum absolute atomic E-state index is 10.9. The Kier molecular flexibility index (Phi) is 2.21. The van der Waals surface area contributed by atoms with E-state index in [1.165, 1.54) is 10.7 Å². The summed E-state index contributed by atoms with van der Waals surface area (Å²) in [5, 5.41) is 3.91. The van der Waals surface area contributed by atoms with Crippen LogP contribution in [0.15, 0.2) is 21.5 Å². The molecule has 0 N–H and O–H groups in total. The first-order valence-electron chi connectivity index (χ1n) is 2.97. The van der Waals surface area contributed by atoms with Crippen molar-refractivity contribution in [2.75, 3.05) is 0 Å². The van der Waals surface area contributed by atoms with Crippen LogP contribution >= 0.6 is 15.9 Å². The summed E-state index contributed by atoms with van der Waals surface area (Å²) in [6, 6.07) is 3.12. The lowest BCUT2D eigenvalue weighted by Crippen LogP contribution is -2.20. The number of hydrogen-bond donors (Lipinski definition) is 0. The molecule has 0 atom stereocenters. The number of aryl methyl sites for hydroxylation is 1. The summed E-state index contributed by atoms with van der Waals surface area (Å²) >= 11 is 3.17. The monoisotopic (exact) mass is 202 g/mol. The normalized spacial score (nSPS) is 9.80. The topological polar surface area (TPSA) is 34.9 Å². The summed E-state index contributed by atoms with van der Waals surface area (Å²) in [6.07, 6.45) is 0. The van der Waals surface area contributed by atoms with Crippen molar-refractivity contribution >= 4 is 15.9 Å². The molecule has 1 aromatic heterocycles. The minimum absolute atomic E-state index is 0.0642. The van der Waals surface area contributed by atoms with Crippen LogP contribution in [0.4, 0.5) is 0 Å². The zero-order valence-electron chi connectivity index (χ0n) is 5.54. The Labute approximate surface area is 66.8 Å². The first-order chi connectivity index (χ1) is 4.74. The van der Waals surface area contributed by atoms with Gasteiger partial charge in [0.15, 0.2) is 0 Å². The predicted octanol–water partition coefficient (Wildman–Crippen LogP) is 1.03. The third-order valence-electron chi connectivity index (χ3n) is 1.13. The second kappa shape index (κ2) is 2.96. The van der Waals surface area contributed by atoms with Crippen molar-refractivity contribution in [2.45, 2.75) is 13.5 Å². The van der Waals surface area contributed by atoms with Gasteiger partial charge in [0.1, 0.15) is 4.60 Å². The maximum atomic E-state index is 10.9. The molecule has 1 heterocycles. The highest BCUT2D eigenvalue weighted by atomic mass is 79.9. The van der Waals surface area contributed by atoms with Gasteiger partial charge in [-0.3, -0.25) is 4.79 Å². The van der Waals surface area contributed by atoms with Crippen molar-refractivity contribution in [3.63, 3.8) is 0 Å². The fourth-order valence-electron chi connectivity index (χ4n) is 0.651. The Morgan fingerprint density at radius 1 is 1.70 bits per heavy atom. The molecule has 0 unspecified atom stereocenters. The van der Waals surface area contributed by atoms with Crippen LogP contribution in [0.3, 0.4) is 0 Å². The largest absolute Gasteiger partial charge is 0.268 e. The third-order valence-corrected chi connectivity index (χ3v) is 1.56. The van der Waals surface area contributed by atoms with Crippen molar-refractivity contribution < 1.29 is 0 Å². The van der Waals surface area contributed by atoms with Crippen LogP contribution in [0.5, 0.6) is 0 Å². The molecule has 0 amide bonds. The Hall–Kier alpha value is -0.640. The standard InChI is InChI=1S/C6H7BrN2O/c1-2-9-6(10)4-3-5(7)8-9/h3-4H,2H2,1H3. The molecule has 0 radical (unpaired) electrons. The molecule has 0 saturated carbocycles. The molecule has 0 spiro atoms. The van der Waals surface area contributed by atoms with Crippen molar-refractivity contribution in [1.82, 2.24) is 9.78 Å². The van der Waals surface area contributed by atoms with Crippen LogP contribution in [0.1, 0.15) is 6.92 Å². The number of rotatable bonds is 1. The molecule has 0 aromatic carbocycles. The van der Waals surface area contributed by atoms with Gasteiger partial charge >= 0.3 is 0 Å². The Bertz CT molecular complexity index is 281. The van der Waals surface area contributed by atoms with Gasteiger partial charge in [0.05, 0.1) is 0 Å². The van der Waals surface area contributed by atoms with Crippen molar-refractivity contribution in [2.24, 2.45) is 0 Å². The molecule has 0 aliphatic carbocycles. The molecular weight excluding hydrogens is 196 g/mol. The van der Waals surface area contributed by atoms with E-state index in [9.17, 15) is 4.79 Å². The SMILES string of the molecule is CCn1nc(Br)ccc1=O. The fraction of sp³-hybridized carbons (Fsp3) is 0.333. The first-order valence-corrected chi connectivity index (χ1v) is 3.77. The van der Waals surface area contributed by atoms with Crippen molar-refractivity contribution in [3.8, 4) is 0 Å². The summed E-state index contributed by atoms with van der Waals surface area (Å²) in [5.74, 6) is 0. The maximum Gasteiger partial charge on any atom is 0.266 e. The van der Waals surface area contributed by atoms with Crippen molar-refractivity contribution in [3.05, 3.63) is 27.1 Å². The summed E-state index contributed by atoms with van der Waals surface area (Å²) in [6.45, 7) is 2.49. The Morgan fingerprint density at radius 3 is 2.90 bits per heavy atom. The minimum atomic E-state index is -0.0642. The molecule has 4 heteroatoms. The summed E-state index contributed by atoms with van der Waals surface area (Å²) in [5.41, 5.74) is -0.0642. The fourth-order valence-corrected chi connectivity index (χ4v) is 0.974. The van der Waals surface area contributed by atoms with Gasteiger partial charge in [-0.2, -0.15) is 5.10 Å². The van der Waals surface area contributed by atoms with Crippen molar-refractivity contribution in [1.29, 1.82) is 0 Å². The van der Waals surface area contributed by atoms with E-state index in [1.807, 2.05) is 6.92 Å². The zero-order chi connectivity index (χ0) is 7.56. The lowest BCUT2D eigenvalue weighted by atomic mass is 10.6. The van der Waals surface area contributed by atoms with Gasteiger partial charge in [-0.05, 0) is 28.9 Å². The highest BCUT2D eigenvalue weighted by molar-refractivity contribution is 9.10. The molecule has 1 rings (SSSR count). The Morgan fingerprint density at radius 2 is 2.40 bits per heavy atom. The Balaban J connectivity index is 3.22. The van der Waals surface area contributed by atoms with Gasteiger partial charge in [0, 0.05) is 12.6 Å². The molecule has 54 valence electrons. The summed E-state index contributed by atoms with van der Waals surface area (Å²) in [7, 11) is 0.